The summed E-state index contributed by atoms with van der Waals surface area (Å²) in [5, 5.41) is 9.63. The van der Waals surface area contributed by atoms with Gasteiger partial charge in [0, 0.05) is 35.4 Å². The van der Waals surface area contributed by atoms with E-state index in [1.165, 1.54) is 6.33 Å². The number of aromatic nitrogens is 3. The van der Waals surface area contributed by atoms with E-state index in [1.807, 2.05) is 56.3 Å². The molecule has 2 aromatic heterocycles. The number of hydrogen-bond donors (Lipinski definition) is 3. The van der Waals surface area contributed by atoms with Gasteiger partial charge in [0.1, 0.15) is 29.5 Å². The van der Waals surface area contributed by atoms with Crippen molar-refractivity contribution in [3.63, 3.8) is 0 Å². The van der Waals surface area contributed by atoms with Crippen LogP contribution in [0, 0.1) is 13.8 Å². The Hall–Kier alpha value is -4.24. The number of anilines is 3. The quantitative estimate of drug-likeness (QED) is 0.194. The van der Waals surface area contributed by atoms with Gasteiger partial charge in [-0.25, -0.2) is 9.97 Å². The number of hydrogen-bond acceptors (Lipinski definition) is 7. The van der Waals surface area contributed by atoms with Crippen molar-refractivity contribution < 1.29 is 14.3 Å². The molecule has 10 heteroatoms. The number of fused-ring (bicyclic) bond motifs is 1. The standard InChI is InChI=1S/C27H27ClN6O3/c1-17-12-19(7-10-24(17)37-21-8-5-18(2)30-15-21)34-27-22-13-20(6-9-23(22)31-16-32-27)33-25(35)4-3-11-29-26(36)14-28/h5-10,12-13,15-16H,3-4,11,14H2,1-2H3,(H,29,36)(H,33,35)(H,31,32,34). The van der Waals surface area contributed by atoms with Gasteiger partial charge in [-0.2, -0.15) is 0 Å². The Labute approximate surface area is 219 Å². The fourth-order valence-electron chi connectivity index (χ4n) is 3.60. The lowest BCUT2D eigenvalue weighted by molar-refractivity contribution is -0.119. The maximum absolute atomic E-state index is 12.3. The summed E-state index contributed by atoms with van der Waals surface area (Å²) in [4.78, 5) is 36.5. The van der Waals surface area contributed by atoms with Crippen molar-refractivity contribution in [3.8, 4) is 11.5 Å². The van der Waals surface area contributed by atoms with Gasteiger partial charge in [-0.05, 0) is 74.4 Å². The van der Waals surface area contributed by atoms with Gasteiger partial charge in [0.25, 0.3) is 0 Å². The number of ether oxygens (including phenoxy) is 1. The van der Waals surface area contributed by atoms with Gasteiger partial charge in [0.2, 0.25) is 11.8 Å². The van der Waals surface area contributed by atoms with E-state index in [0.717, 1.165) is 33.6 Å². The second-order valence-electron chi connectivity index (χ2n) is 8.43. The van der Waals surface area contributed by atoms with Crippen LogP contribution in [0.25, 0.3) is 10.9 Å². The fraction of sp³-hybridized carbons (Fsp3) is 0.222. The van der Waals surface area contributed by atoms with Crippen LogP contribution >= 0.6 is 11.6 Å². The fourth-order valence-corrected chi connectivity index (χ4v) is 3.70. The normalized spacial score (nSPS) is 10.7. The summed E-state index contributed by atoms with van der Waals surface area (Å²) in [5.41, 5.74) is 4.07. The van der Waals surface area contributed by atoms with Crippen molar-refractivity contribution in [3.05, 3.63) is 72.3 Å². The minimum absolute atomic E-state index is 0.0929. The topological polar surface area (TPSA) is 118 Å². The van der Waals surface area contributed by atoms with Crippen LogP contribution in [-0.4, -0.2) is 39.2 Å². The third-order valence-electron chi connectivity index (χ3n) is 5.49. The Morgan fingerprint density at radius 3 is 2.54 bits per heavy atom. The first-order valence-corrected chi connectivity index (χ1v) is 12.3. The molecule has 2 aromatic carbocycles. The third-order valence-corrected chi connectivity index (χ3v) is 5.74. The van der Waals surface area contributed by atoms with E-state index in [2.05, 4.69) is 30.9 Å². The van der Waals surface area contributed by atoms with Crippen LogP contribution in [0.3, 0.4) is 0 Å². The van der Waals surface area contributed by atoms with Crippen LogP contribution in [0.15, 0.2) is 61.1 Å². The van der Waals surface area contributed by atoms with E-state index in [9.17, 15) is 9.59 Å². The smallest absolute Gasteiger partial charge is 0.234 e. The maximum Gasteiger partial charge on any atom is 0.234 e. The number of rotatable bonds is 10. The van der Waals surface area contributed by atoms with Gasteiger partial charge in [-0.15, -0.1) is 11.6 Å². The number of amides is 2. The molecule has 0 aliphatic rings. The largest absolute Gasteiger partial charge is 0.455 e. The molecule has 2 amide bonds. The van der Waals surface area contributed by atoms with E-state index in [-0.39, 0.29) is 24.1 Å². The average molecular weight is 519 g/mol. The number of carbonyl (C=O) groups excluding carboxylic acids is 2. The summed E-state index contributed by atoms with van der Waals surface area (Å²) in [6.45, 7) is 4.29. The molecule has 0 aliphatic heterocycles. The summed E-state index contributed by atoms with van der Waals surface area (Å²) in [5.74, 6) is 1.52. The monoisotopic (exact) mass is 518 g/mol. The highest BCUT2D eigenvalue weighted by molar-refractivity contribution is 6.27. The van der Waals surface area contributed by atoms with Crippen LogP contribution in [-0.2, 0) is 9.59 Å². The highest BCUT2D eigenvalue weighted by atomic mass is 35.5. The molecule has 0 saturated heterocycles. The van der Waals surface area contributed by atoms with Gasteiger partial charge >= 0.3 is 0 Å². The zero-order valence-electron chi connectivity index (χ0n) is 20.5. The molecule has 190 valence electrons. The van der Waals surface area contributed by atoms with E-state index in [1.54, 1.807) is 12.3 Å². The molecular weight excluding hydrogens is 492 g/mol. The van der Waals surface area contributed by atoms with Gasteiger partial charge in [0.15, 0.2) is 0 Å². The van der Waals surface area contributed by atoms with Crippen LogP contribution < -0.4 is 20.7 Å². The van der Waals surface area contributed by atoms with Crippen molar-refractivity contribution in [2.75, 3.05) is 23.1 Å². The number of nitrogens with zero attached hydrogens (tertiary/aromatic N) is 3. The number of aryl methyl sites for hydroxylation is 2. The lowest BCUT2D eigenvalue weighted by Crippen LogP contribution is -2.26. The zero-order valence-corrected chi connectivity index (χ0v) is 21.3. The molecule has 0 aliphatic carbocycles. The van der Waals surface area contributed by atoms with Crippen molar-refractivity contribution in [2.45, 2.75) is 26.7 Å². The molecule has 0 radical (unpaired) electrons. The predicted molar refractivity (Wildman–Crippen MR) is 145 cm³/mol. The SMILES string of the molecule is Cc1ccc(Oc2ccc(Nc3ncnc4ccc(NC(=O)CCCNC(=O)CCl)cc34)cc2C)cn1. The van der Waals surface area contributed by atoms with Crippen molar-refractivity contribution in [2.24, 2.45) is 0 Å². The number of pyridine rings is 1. The maximum atomic E-state index is 12.3. The molecule has 3 N–H and O–H groups in total. The first-order chi connectivity index (χ1) is 17.9. The Morgan fingerprint density at radius 2 is 1.78 bits per heavy atom. The highest BCUT2D eigenvalue weighted by Crippen LogP contribution is 2.30. The molecule has 0 saturated carbocycles. The molecule has 0 fully saturated rings. The number of carbonyl (C=O) groups is 2. The molecule has 2 heterocycles. The van der Waals surface area contributed by atoms with Gasteiger partial charge in [-0.3, -0.25) is 14.6 Å². The second-order valence-corrected chi connectivity index (χ2v) is 8.70. The van der Waals surface area contributed by atoms with Crippen LogP contribution in [0.1, 0.15) is 24.1 Å². The number of halogens is 1. The lowest BCUT2D eigenvalue weighted by Gasteiger charge is -2.13. The van der Waals surface area contributed by atoms with E-state index in [0.29, 0.717) is 30.2 Å². The van der Waals surface area contributed by atoms with E-state index in [4.69, 9.17) is 16.3 Å². The number of nitrogens with one attached hydrogen (secondary N) is 3. The number of alkyl halides is 1. The van der Waals surface area contributed by atoms with Crippen LogP contribution in [0.4, 0.5) is 17.2 Å². The zero-order chi connectivity index (χ0) is 26.2. The molecular formula is C27H27ClN6O3. The molecule has 9 nitrogen and oxygen atoms in total. The average Bonchev–Trinajstić information content (AvgIpc) is 2.89. The highest BCUT2D eigenvalue weighted by Gasteiger charge is 2.10. The summed E-state index contributed by atoms with van der Waals surface area (Å²) in [6, 6.07) is 15.0. The van der Waals surface area contributed by atoms with Crippen molar-refractivity contribution >= 4 is 51.5 Å². The summed E-state index contributed by atoms with van der Waals surface area (Å²) in [6.07, 6.45) is 3.97. The predicted octanol–water partition coefficient (Wildman–Crippen LogP) is 5.25. The second kappa shape index (κ2) is 12.1. The molecule has 0 unspecified atom stereocenters. The van der Waals surface area contributed by atoms with E-state index >= 15 is 0 Å². The Morgan fingerprint density at radius 1 is 0.946 bits per heavy atom. The molecule has 37 heavy (non-hydrogen) atoms. The van der Waals surface area contributed by atoms with Crippen molar-refractivity contribution in [1.82, 2.24) is 20.3 Å². The van der Waals surface area contributed by atoms with E-state index < -0.39 is 0 Å². The summed E-state index contributed by atoms with van der Waals surface area (Å²) >= 11 is 5.45. The third kappa shape index (κ3) is 7.14. The first kappa shape index (κ1) is 25.8. The van der Waals surface area contributed by atoms with Gasteiger partial charge in [0.05, 0.1) is 11.7 Å². The minimum atomic E-state index is -0.252. The minimum Gasteiger partial charge on any atom is -0.455 e. The Bertz CT molecular complexity index is 1410. The van der Waals surface area contributed by atoms with Crippen molar-refractivity contribution in [1.29, 1.82) is 0 Å². The summed E-state index contributed by atoms with van der Waals surface area (Å²) in [7, 11) is 0. The number of benzene rings is 2. The Balaban J connectivity index is 1.44. The van der Waals surface area contributed by atoms with Crippen LogP contribution in [0.2, 0.25) is 0 Å². The molecule has 0 atom stereocenters. The van der Waals surface area contributed by atoms with Gasteiger partial charge < -0.3 is 20.7 Å². The molecule has 4 aromatic rings. The molecule has 0 bridgehead atoms. The lowest BCUT2D eigenvalue weighted by atomic mass is 10.1. The molecule has 4 rings (SSSR count). The van der Waals surface area contributed by atoms with Gasteiger partial charge in [-0.1, -0.05) is 0 Å². The van der Waals surface area contributed by atoms with Crippen LogP contribution in [0.5, 0.6) is 11.5 Å². The Kier molecular flexibility index (Phi) is 8.48. The molecule has 0 spiro atoms. The first-order valence-electron chi connectivity index (χ1n) is 11.8. The summed E-state index contributed by atoms with van der Waals surface area (Å²) < 4.78 is 5.96.